The van der Waals surface area contributed by atoms with Crippen molar-refractivity contribution in [3.63, 3.8) is 0 Å². The van der Waals surface area contributed by atoms with E-state index in [1.807, 2.05) is 36.5 Å². The molecule has 0 spiro atoms. The van der Waals surface area contributed by atoms with E-state index in [0.717, 1.165) is 17.5 Å². The number of aromatic nitrogens is 2. The van der Waals surface area contributed by atoms with Crippen LogP contribution in [0.4, 0.5) is 0 Å². The molecule has 0 unspecified atom stereocenters. The minimum absolute atomic E-state index is 0.361. The number of rotatable bonds is 3. The number of nitrogens with zero attached hydrogens (tertiary/aromatic N) is 2. The van der Waals surface area contributed by atoms with Gasteiger partial charge in [-0.2, -0.15) is 0 Å². The first kappa shape index (κ1) is 8.69. The molecule has 70 valence electrons. The van der Waals surface area contributed by atoms with Gasteiger partial charge in [0.25, 0.3) is 0 Å². The minimum Gasteiger partial charge on any atom is -0.330 e. The highest BCUT2D eigenvalue weighted by Crippen LogP contribution is 2.15. The summed E-state index contributed by atoms with van der Waals surface area (Å²) in [6.07, 6.45) is 4.39. The number of aldehydes is 1. The third kappa shape index (κ3) is 1.71. The molecule has 1 aromatic carbocycles. The Bertz CT molecular complexity index is 420. The molecular formula is C11H10N2O. The molecule has 1 aromatic heterocycles. The Balaban J connectivity index is 2.29. The number of carbonyl (C=O) groups is 1. The van der Waals surface area contributed by atoms with Gasteiger partial charge in [-0.15, -0.1) is 0 Å². The summed E-state index contributed by atoms with van der Waals surface area (Å²) in [7, 11) is 0. The molecule has 2 rings (SSSR count). The molecule has 0 aliphatic heterocycles. The normalized spacial score (nSPS) is 10.0. The predicted molar refractivity (Wildman–Crippen MR) is 53.7 cm³/mol. The van der Waals surface area contributed by atoms with E-state index in [1.54, 1.807) is 10.9 Å². The molecule has 0 saturated heterocycles. The Labute approximate surface area is 82.0 Å². The van der Waals surface area contributed by atoms with Crippen LogP contribution in [-0.2, 0) is 11.3 Å². The van der Waals surface area contributed by atoms with Crippen LogP contribution in [-0.4, -0.2) is 15.8 Å². The first-order valence-electron chi connectivity index (χ1n) is 4.41. The van der Waals surface area contributed by atoms with E-state index in [9.17, 15) is 4.79 Å². The number of hydrogen-bond donors (Lipinski definition) is 0. The lowest BCUT2D eigenvalue weighted by Gasteiger charge is -1.94. The number of imidazole rings is 1. The summed E-state index contributed by atoms with van der Waals surface area (Å²) in [5, 5.41) is 0. The van der Waals surface area contributed by atoms with Crippen LogP contribution < -0.4 is 0 Å². The minimum atomic E-state index is 0.361. The molecule has 1 heterocycles. The SMILES string of the molecule is O=CCn1cnc(-c2ccccc2)c1. The third-order valence-electron chi connectivity index (χ3n) is 1.99. The summed E-state index contributed by atoms with van der Waals surface area (Å²) < 4.78 is 1.76. The highest BCUT2D eigenvalue weighted by molar-refractivity contribution is 5.58. The fourth-order valence-corrected chi connectivity index (χ4v) is 1.30. The lowest BCUT2D eigenvalue weighted by atomic mass is 10.2. The lowest BCUT2D eigenvalue weighted by molar-refractivity contribution is -0.108. The van der Waals surface area contributed by atoms with Crippen LogP contribution in [0.25, 0.3) is 11.3 Å². The van der Waals surface area contributed by atoms with Gasteiger partial charge in [-0.1, -0.05) is 30.3 Å². The number of benzene rings is 1. The van der Waals surface area contributed by atoms with Gasteiger partial charge in [0, 0.05) is 11.8 Å². The molecule has 0 radical (unpaired) electrons. The van der Waals surface area contributed by atoms with Crippen LogP contribution in [0.5, 0.6) is 0 Å². The van der Waals surface area contributed by atoms with E-state index in [-0.39, 0.29) is 0 Å². The van der Waals surface area contributed by atoms with Crippen LogP contribution in [0.3, 0.4) is 0 Å². The van der Waals surface area contributed by atoms with Gasteiger partial charge in [0.15, 0.2) is 0 Å². The predicted octanol–water partition coefficient (Wildman–Crippen LogP) is 1.75. The molecule has 14 heavy (non-hydrogen) atoms. The molecular weight excluding hydrogens is 176 g/mol. The standard InChI is InChI=1S/C11H10N2O/c14-7-6-13-8-11(12-9-13)10-4-2-1-3-5-10/h1-5,7-9H,6H2. The van der Waals surface area contributed by atoms with Crippen molar-refractivity contribution >= 4 is 6.29 Å². The van der Waals surface area contributed by atoms with Crippen molar-refractivity contribution in [1.29, 1.82) is 0 Å². The third-order valence-corrected chi connectivity index (χ3v) is 1.99. The second-order valence-electron chi connectivity index (χ2n) is 2.99. The maximum atomic E-state index is 10.3. The molecule has 2 aromatic rings. The second kappa shape index (κ2) is 3.87. The Morgan fingerprint density at radius 2 is 2.07 bits per heavy atom. The van der Waals surface area contributed by atoms with Crippen LogP contribution >= 0.6 is 0 Å². The van der Waals surface area contributed by atoms with Gasteiger partial charge in [-0.05, 0) is 0 Å². The largest absolute Gasteiger partial charge is 0.330 e. The Morgan fingerprint density at radius 3 is 2.79 bits per heavy atom. The molecule has 0 saturated carbocycles. The highest BCUT2D eigenvalue weighted by Gasteiger charge is 1.99. The Kier molecular flexibility index (Phi) is 2.40. The zero-order valence-corrected chi connectivity index (χ0v) is 7.63. The van der Waals surface area contributed by atoms with E-state index < -0.39 is 0 Å². The molecule has 0 aliphatic rings. The molecule has 0 aliphatic carbocycles. The molecule has 3 nitrogen and oxygen atoms in total. The van der Waals surface area contributed by atoms with Crippen LogP contribution in [0.15, 0.2) is 42.9 Å². The van der Waals surface area contributed by atoms with Gasteiger partial charge in [0.2, 0.25) is 0 Å². The zero-order valence-electron chi connectivity index (χ0n) is 7.63. The molecule has 0 fully saturated rings. The van der Waals surface area contributed by atoms with Crippen LogP contribution in [0.2, 0.25) is 0 Å². The van der Waals surface area contributed by atoms with Crippen molar-refractivity contribution in [3.8, 4) is 11.3 Å². The van der Waals surface area contributed by atoms with E-state index in [0.29, 0.717) is 6.54 Å². The zero-order chi connectivity index (χ0) is 9.80. The molecule has 0 atom stereocenters. The number of hydrogen-bond acceptors (Lipinski definition) is 2. The van der Waals surface area contributed by atoms with Gasteiger partial charge in [0.05, 0.1) is 18.6 Å². The quantitative estimate of drug-likeness (QED) is 0.684. The van der Waals surface area contributed by atoms with Gasteiger partial charge in [-0.25, -0.2) is 4.98 Å². The monoisotopic (exact) mass is 186 g/mol. The van der Waals surface area contributed by atoms with Crippen molar-refractivity contribution in [2.75, 3.05) is 0 Å². The fourth-order valence-electron chi connectivity index (χ4n) is 1.30. The van der Waals surface area contributed by atoms with E-state index >= 15 is 0 Å². The Hall–Kier alpha value is -1.90. The number of carbonyl (C=O) groups excluding carboxylic acids is 1. The van der Waals surface area contributed by atoms with E-state index in [1.165, 1.54) is 0 Å². The average molecular weight is 186 g/mol. The maximum Gasteiger partial charge on any atom is 0.139 e. The van der Waals surface area contributed by atoms with Crippen molar-refractivity contribution in [1.82, 2.24) is 9.55 Å². The average Bonchev–Trinajstić information content (AvgIpc) is 2.68. The van der Waals surface area contributed by atoms with Crippen LogP contribution in [0.1, 0.15) is 0 Å². The van der Waals surface area contributed by atoms with E-state index in [2.05, 4.69) is 4.98 Å². The summed E-state index contributed by atoms with van der Waals surface area (Å²) in [5.74, 6) is 0. The van der Waals surface area contributed by atoms with Crippen molar-refractivity contribution in [2.24, 2.45) is 0 Å². The van der Waals surface area contributed by atoms with Gasteiger partial charge < -0.3 is 9.36 Å². The Morgan fingerprint density at radius 1 is 1.29 bits per heavy atom. The summed E-state index contributed by atoms with van der Waals surface area (Å²) in [4.78, 5) is 14.5. The lowest BCUT2D eigenvalue weighted by Crippen LogP contribution is -1.93. The summed E-state index contributed by atoms with van der Waals surface area (Å²) in [6, 6.07) is 9.88. The maximum absolute atomic E-state index is 10.3. The first-order chi connectivity index (χ1) is 6.90. The van der Waals surface area contributed by atoms with Crippen molar-refractivity contribution in [3.05, 3.63) is 42.9 Å². The molecule has 0 amide bonds. The fraction of sp³-hybridized carbons (Fsp3) is 0.0909. The van der Waals surface area contributed by atoms with Gasteiger partial charge in [0.1, 0.15) is 6.29 Å². The van der Waals surface area contributed by atoms with Gasteiger partial charge in [-0.3, -0.25) is 0 Å². The molecule has 0 N–H and O–H groups in total. The molecule has 0 bridgehead atoms. The molecule has 3 heteroatoms. The smallest absolute Gasteiger partial charge is 0.139 e. The van der Waals surface area contributed by atoms with Gasteiger partial charge >= 0.3 is 0 Å². The second-order valence-corrected chi connectivity index (χ2v) is 2.99. The topological polar surface area (TPSA) is 34.9 Å². The first-order valence-corrected chi connectivity index (χ1v) is 4.41. The summed E-state index contributed by atoms with van der Waals surface area (Å²) in [5.41, 5.74) is 1.96. The summed E-state index contributed by atoms with van der Waals surface area (Å²) >= 11 is 0. The van der Waals surface area contributed by atoms with E-state index in [4.69, 9.17) is 0 Å². The van der Waals surface area contributed by atoms with Crippen LogP contribution in [0, 0.1) is 0 Å². The highest BCUT2D eigenvalue weighted by atomic mass is 16.1. The summed E-state index contributed by atoms with van der Waals surface area (Å²) in [6.45, 7) is 0.361. The van der Waals surface area contributed by atoms with Crippen molar-refractivity contribution < 1.29 is 4.79 Å². The van der Waals surface area contributed by atoms with Crippen molar-refractivity contribution in [2.45, 2.75) is 6.54 Å².